The Morgan fingerprint density at radius 2 is 1.26 bits per heavy atom. The molecule has 7 nitrogen and oxygen atoms in total. The second-order valence-corrected chi connectivity index (χ2v) is 7.39. The van der Waals surface area contributed by atoms with E-state index in [9.17, 15) is 14.4 Å². The van der Waals surface area contributed by atoms with Gasteiger partial charge in [-0.2, -0.15) is 0 Å². The average Bonchev–Trinajstić information content (AvgIpc) is 2.74. The quantitative estimate of drug-likeness (QED) is 0.517. The van der Waals surface area contributed by atoms with Crippen molar-refractivity contribution in [3.8, 4) is 0 Å². The number of esters is 3. The van der Waals surface area contributed by atoms with E-state index in [-0.39, 0.29) is 6.61 Å². The van der Waals surface area contributed by atoms with Gasteiger partial charge >= 0.3 is 17.9 Å². The van der Waals surface area contributed by atoms with Crippen molar-refractivity contribution in [3.05, 3.63) is 71.8 Å². The monoisotopic (exact) mass is 426 g/mol. The van der Waals surface area contributed by atoms with E-state index in [0.29, 0.717) is 0 Å². The van der Waals surface area contributed by atoms with Crippen LogP contribution >= 0.6 is 0 Å². The molecule has 0 amide bonds. The van der Waals surface area contributed by atoms with E-state index in [1.807, 2.05) is 60.7 Å². The fourth-order valence-corrected chi connectivity index (χ4v) is 3.91. The minimum atomic E-state index is -0.953. The van der Waals surface area contributed by atoms with E-state index in [2.05, 4.69) is 0 Å². The smallest absolute Gasteiger partial charge is 0.303 e. The lowest BCUT2D eigenvalue weighted by molar-refractivity contribution is -0.223. The molecule has 7 heteroatoms. The number of hydrogen-bond acceptors (Lipinski definition) is 7. The molecule has 1 aliphatic rings. The minimum Gasteiger partial charge on any atom is -0.463 e. The highest BCUT2D eigenvalue weighted by Crippen LogP contribution is 2.45. The topological polar surface area (TPSA) is 88.1 Å². The van der Waals surface area contributed by atoms with Crippen molar-refractivity contribution in [2.24, 2.45) is 0 Å². The molecule has 0 saturated carbocycles. The van der Waals surface area contributed by atoms with Gasteiger partial charge in [0, 0.05) is 20.8 Å². The maximum absolute atomic E-state index is 12.0. The third-order valence-corrected chi connectivity index (χ3v) is 5.06. The molecule has 0 spiro atoms. The van der Waals surface area contributed by atoms with Gasteiger partial charge < -0.3 is 18.9 Å². The van der Waals surface area contributed by atoms with Gasteiger partial charge in [0.05, 0.1) is 12.0 Å². The van der Waals surface area contributed by atoms with Gasteiger partial charge in [0.2, 0.25) is 0 Å². The number of rotatable bonds is 6. The fraction of sp³-hybridized carbons (Fsp3) is 0.375. The molecule has 0 aromatic heterocycles. The summed E-state index contributed by atoms with van der Waals surface area (Å²) >= 11 is 0. The fourth-order valence-electron chi connectivity index (χ4n) is 3.91. The Balaban J connectivity index is 2.11. The molecule has 1 saturated heterocycles. The third kappa shape index (κ3) is 5.70. The van der Waals surface area contributed by atoms with Crippen molar-refractivity contribution in [2.45, 2.75) is 51.1 Å². The summed E-state index contributed by atoms with van der Waals surface area (Å²) < 4.78 is 22.8. The van der Waals surface area contributed by atoms with Crippen molar-refractivity contribution in [1.82, 2.24) is 0 Å². The molecule has 0 bridgehead atoms. The van der Waals surface area contributed by atoms with Crippen molar-refractivity contribution in [2.75, 3.05) is 6.61 Å². The number of carbonyl (C=O) groups is 3. The molecule has 0 N–H and O–H groups in total. The summed E-state index contributed by atoms with van der Waals surface area (Å²) in [5.74, 6) is -2.01. The molecular weight excluding hydrogens is 400 g/mol. The molecule has 5 atom stereocenters. The zero-order chi connectivity index (χ0) is 22.4. The van der Waals surface area contributed by atoms with Gasteiger partial charge in [-0.05, 0) is 11.1 Å². The Hall–Kier alpha value is -3.19. The first-order valence-corrected chi connectivity index (χ1v) is 10.1. The largest absolute Gasteiger partial charge is 0.463 e. The van der Waals surface area contributed by atoms with Crippen LogP contribution in [0.15, 0.2) is 60.7 Å². The zero-order valence-corrected chi connectivity index (χ0v) is 17.7. The lowest BCUT2D eigenvalue weighted by atomic mass is 9.79. The summed E-state index contributed by atoms with van der Waals surface area (Å²) in [4.78, 5) is 35.4. The van der Waals surface area contributed by atoms with Crippen LogP contribution < -0.4 is 0 Å². The first-order valence-electron chi connectivity index (χ1n) is 10.1. The van der Waals surface area contributed by atoms with E-state index >= 15 is 0 Å². The lowest BCUT2D eigenvalue weighted by Gasteiger charge is -2.45. The zero-order valence-electron chi connectivity index (χ0n) is 17.7. The van der Waals surface area contributed by atoms with Crippen LogP contribution in [0.4, 0.5) is 0 Å². The summed E-state index contributed by atoms with van der Waals surface area (Å²) in [5.41, 5.74) is 1.73. The molecule has 1 aliphatic heterocycles. The molecule has 31 heavy (non-hydrogen) atoms. The number of hydrogen-bond donors (Lipinski definition) is 0. The number of benzene rings is 2. The van der Waals surface area contributed by atoms with Crippen LogP contribution in [0.2, 0.25) is 0 Å². The Bertz CT molecular complexity index is 897. The average molecular weight is 426 g/mol. The lowest BCUT2D eigenvalue weighted by Crippen LogP contribution is -2.55. The molecule has 1 heterocycles. The molecule has 164 valence electrons. The molecule has 3 rings (SSSR count). The van der Waals surface area contributed by atoms with Crippen molar-refractivity contribution in [1.29, 1.82) is 0 Å². The normalized spacial score (nSPS) is 25.3. The van der Waals surface area contributed by atoms with Crippen LogP contribution in [0.3, 0.4) is 0 Å². The molecule has 0 aliphatic carbocycles. The highest BCUT2D eigenvalue weighted by atomic mass is 16.6. The summed E-state index contributed by atoms with van der Waals surface area (Å²) in [7, 11) is 0. The van der Waals surface area contributed by atoms with Gasteiger partial charge in [0.25, 0.3) is 0 Å². The Morgan fingerprint density at radius 3 is 1.77 bits per heavy atom. The SMILES string of the molecule is CC(=O)OC[C@H]1O[C@H](c2ccccc2)[C@H](c2ccccc2)[C@@H](OC(C)=O)[C@@H]1OC(C)=O. The third-order valence-electron chi connectivity index (χ3n) is 5.06. The number of carbonyl (C=O) groups excluding carboxylic acids is 3. The second kappa shape index (κ2) is 10.2. The van der Waals surface area contributed by atoms with Crippen molar-refractivity contribution in [3.63, 3.8) is 0 Å². The summed E-state index contributed by atoms with van der Waals surface area (Å²) in [6.45, 7) is 3.72. The van der Waals surface area contributed by atoms with Crippen molar-refractivity contribution >= 4 is 17.9 Å². The highest BCUT2D eigenvalue weighted by molar-refractivity contribution is 5.68. The molecule has 0 radical (unpaired) electrons. The standard InChI is InChI=1S/C24H26O7/c1-15(25)28-14-20-23(29-16(2)26)24(30-17(3)27)21(18-10-6-4-7-11-18)22(31-20)19-12-8-5-9-13-19/h4-13,20-24H,14H2,1-3H3/t20-,21+,22-,23-,24-/m1/s1. The first kappa shape index (κ1) is 22.5. The van der Waals surface area contributed by atoms with E-state index in [1.54, 1.807) is 0 Å². The molecule has 0 unspecified atom stereocenters. The van der Waals surface area contributed by atoms with Gasteiger partial charge in [-0.25, -0.2) is 0 Å². The van der Waals surface area contributed by atoms with E-state index < -0.39 is 48.2 Å². The van der Waals surface area contributed by atoms with Gasteiger partial charge in [-0.3, -0.25) is 14.4 Å². The second-order valence-electron chi connectivity index (χ2n) is 7.39. The summed E-state index contributed by atoms with van der Waals surface area (Å²) in [6, 6.07) is 19.0. The minimum absolute atomic E-state index is 0.143. The van der Waals surface area contributed by atoms with Crippen LogP contribution in [0.25, 0.3) is 0 Å². The van der Waals surface area contributed by atoms with Crippen LogP contribution in [0, 0.1) is 0 Å². The van der Waals surface area contributed by atoms with Gasteiger partial charge in [-0.15, -0.1) is 0 Å². The number of ether oxygens (including phenoxy) is 4. The Morgan fingerprint density at radius 1 is 0.742 bits per heavy atom. The Labute approximate surface area is 181 Å². The van der Waals surface area contributed by atoms with E-state index in [1.165, 1.54) is 20.8 Å². The summed E-state index contributed by atoms with van der Waals surface area (Å²) in [6.07, 6.45) is -3.14. The van der Waals surface area contributed by atoms with Gasteiger partial charge in [0.1, 0.15) is 12.7 Å². The van der Waals surface area contributed by atoms with Crippen LogP contribution in [-0.2, 0) is 33.3 Å². The van der Waals surface area contributed by atoms with Crippen LogP contribution in [0.1, 0.15) is 43.9 Å². The van der Waals surface area contributed by atoms with Gasteiger partial charge in [-0.1, -0.05) is 60.7 Å². The summed E-state index contributed by atoms with van der Waals surface area (Å²) in [5, 5.41) is 0. The predicted molar refractivity (Wildman–Crippen MR) is 111 cm³/mol. The molecule has 1 fully saturated rings. The molecule has 2 aromatic carbocycles. The molecule has 2 aromatic rings. The van der Waals surface area contributed by atoms with E-state index in [4.69, 9.17) is 18.9 Å². The maximum Gasteiger partial charge on any atom is 0.303 e. The molecular formula is C24H26O7. The van der Waals surface area contributed by atoms with Gasteiger partial charge in [0.15, 0.2) is 12.2 Å². The van der Waals surface area contributed by atoms with E-state index in [0.717, 1.165) is 11.1 Å². The predicted octanol–water partition coefficient (Wildman–Crippen LogP) is 3.34. The first-order chi connectivity index (χ1) is 14.9. The highest BCUT2D eigenvalue weighted by Gasteiger charge is 2.51. The van der Waals surface area contributed by atoms with Crippen LogP contribution in [0.5, 0.6) is 0 Å². The van der Waals surface area contributed by atoms with Crippen LogP contribution in [-0.4, -0.2) is 42.8 Å². The van der Waals surface area contributed by atoms with Crippen molar-refractivity contribution < 1.29 is 33.3 Å². The Kier molecular flexibility index (Phi) is 7.41. The maximum atomic E-state index is 12.0.